The number of aliphatic hydroxyl groups is 1. The Bertz CT molecular complexity index is 1220. The van der Waals surface area contributed by atoms with Gasteiger partial charge in [0.1, 0.15) is 11.6 Å². The molecular weight excluding hydrogens is 502 g/mol. The summed E-state index contributed by atoms with van der Waals surface area (Å²) in [6.45, 7) is 13.9. The van der Waals surface area contributed by atoms with E-state index in [1.807, 2.05) is 25.5 Å². The maximum Gasteiger partial charge on any atom is 0.249 e. The minimum Gasteiger partial charge on any atom is -0.390 e. The molecule has 1 aromatic heterocycles. The number of likely N-dealkylation sites (tertiary alicyclic amines) is 1. The molecule has 2 saturated heterocycles. The molecule has 8 nitrogen and oxygen atoms in total. The van der Waals surface area contributed by atoms with Crippen molar-refractivity contribution in [1.29, 1.82) is 0 Å². The quantitative estimate of drug-likeness (QED) is 0.549. The minimum atomic E-state index is -0.944. The highest BCUT2D eigenvalue weighted by atomic mass is 35.5. The largest absolute Gasteiger partial charge is 0.390 e. The second kappa shape index (κ2) is 11.9. The van der Waals surface area contributed by atoms with Crippen LogP contribution in [0.2, 0.25) is 0 Å². The lowest BCUT2D eigenvalue weighted by Gasteiger charge is -2.51. The van der Waals surface area contributed by atoms with Crippen molar-refractivity contribution in [3.63, 3.8) is 0 Å². The standard InChI is InChI=1S/C29H39N5O3.ClH/c1-7-8-15-33-27(36)25(26(35)19(2)3)30-28(37)29(33)13-16-32(17-14-29)18-24-21(5)31-34(22(24)6)23-11-9-20(4)10-12-23;/h9-12,19,25-26,35H,13-18H2,1-6H3,(H,30,37);1H. The van der Waals surface area contributed by atoms with Crippen LogP contribution < -0.4 is 5.32 Å². The smallest absolute Gasteiger partial charge is 0.249 e. The first-order valence-corrected chi connectivity index (χ1v) is 13.1. The summed E-state index contributed by atoms with van der Waals surface area (Å²) in [6.07, 6.45) is 0.0944. The van der Waals surface area contributed by atoms with Crippen LogP contribution in [0.3, 0.4) is 0 Å². The van der Waals surface area contributed by atoms with Crippen LogP contribution in [0.1, 0.15) is 56.1 Å². The molecule has 2 unspecified atom stereocenters. The zero-order valence-corrected chi connectivity index (χ0v) is 24.1. The van der Waals surface area contributed by atoms with Crippen LogP contribution in [-0.4, -0.2) is 73.8 Å². The number of amides is 2. The highest BCUT2D eigenvalue weighted by Crippen LogP contribution is 2.34. The first kappa shape index (κ1) is 29.7. The number of carbonyl (C=O) groups is 2. The zero-order valence-electron chi connectivity index (χ0n) is 23.2. The van der Waals surface area contributed by atoms with E-state index in [1.165, 1.54) is 11.1 Å². The molecule has 2 N–H and O–H groups in total. The van der Waals surface area contributed by atoms with E-state index in [2.05, 4.69) is 60.2 Å². The Labute approximate surface area is 232 Å². The topological polar surface area (TPSA) is 90.7 Å². The van der Waals surface area contributed by atoms with Gasteiger partial charge in [0.25, 0.3) is 0 Å². The van der Waals surface area contributed by atoms with Gasteiger partial charge in [-0.3, -0.25) is 14.5 Å². The fourth-order valence-electron chi connectivity index (χ4n) is 5.49. The Morgan fingerprint density at radius 1 is 1.13 bits per heavy atom. The van der Waals surface area contributed by atoms with Gasteiger partial charge >= 0.3 is 0 Å². The molecule has 38 heavy (non-hydrogen) atoms. The van der Waals surface area contributed by atoms with E-state index in [0.717, 1.165) is 23.6 Å². The van der Waals surface area contributed by atoms with Crippen LogP contribution >= 0.6 is 12.4 Å². The number of carbonyl (C=O) groups excluding carboxylic acids is 2. The third-order valence-corrected chi connectivity index (χ3v) is 7.98. The lowest BCUT2D eigenvalue weighted by atomic mass is 9.80. The van der Waals surface area contributed by atoms with Gasteiger partial charge in [-0.2, -0.15) is 5.10 Å². The van der Waals surface area contributed by atoms with E-state index < -0.39 is 17.7 Å². The third kappa shape index (κ3) is 5.47. The van der Waals surface area contributed by atoms with Gasteiger partial charge in [0.05, 0.1) is 24.0 Å². The molecular formula is C29H40ClN5O3. The van der Waals surface area contributed by atoms with Gasteiger partial charge < -0.3 is 15.3 Å². The number of aromatic nitrogens is 2. The van der Waals surface area contributed by atoms with Crippen molar-refractivity contribution < 1.29 is 14.7 Å². The number of aliphatic hydroxyl groups excluding tert-OH is 1. The fraction of sp³-hybridized carbons (Fsp3) is 0.552. The summed E-state index contributed by atoms with van der Waals surface area (Å²) in [4.78, 5) is 30.9. The van der Waals surface area contributed by atoms with Gasteiger partial charge in [-0.25, -0.2) is 4.68 Å². The zero-order chi connectivity index (χ0) is 26.9. The van der Waals surface area contributed by atoms with Crippen molar-refractivity contribution in [3.05, 3.63) is 46.8 Å². The van der Waals surface area contributed by atoms with E-state index in [1.54, 1.807) is 11.8 Å². The Kier molecular flexibility index (Phi) is 9.30. The molecule has 2 fully saturated rings. The number of benzene rings is 1. The third-order valence-electron chi connectivity index (χ3n) is 7.98. The first-order valence-electron chi connectivity index (χ1n) is 13.1. The molecule has 2 aliphatic heterocycles. The summed E-state index contributed by atoms with van der Waals surface area (Å²) in [7, 11) is 0. The normalized spacial score (nSPS) is 20.1. The Morgan fingerprint density at radius 2 is 1.76 bits per heavy atom. The van der Waals surface area contributed by atoms with Crippen LogP contribution in [0, 0.1) is 38.5 Å². The molecule has 0 bridgehead atoms. The van der Waals surface area contributed by atoms with Crippen molar-refractivity contribution in [3.8, 4) is 17.5 Å². The van der Waals surface area contributed by atoms with Gasteiger partial charge in [-0.1, -0.05) is 37.5 Å². The van der Waals surface area contributed by atoms with E-state index in [0.29, 0.717) is 25.9 Å². The van der Waals surface area contributed by atoms with Crippen molar-refractivity contribution in [2.24, 2.45) is 5.92 Å². The van der Waals surface area contributed by atoms with E-state index in [4.69, 9.17) is 5.10 Å². The minimum absolute atomic E-state index is 0. The van der Waals surface area contributed by atoms with Gasteiger partial charge in [0.2, 0.25) is 11.8 Å². The number of piperazine rings is 1. The van der Waals surface area contributed by atoms with Crippen LogP contribution in [0.25, 0.3) is 5.69 Å². The number of hydrogen-bond donors (Lipinski definition) is 2. The molecule has 0 saturated carbocycles. The molecule has 2 atom stereocenters. The molecule has 1 spiro atoms. The number of halogens is 1. The number of nitrogens with one attached hydrogen (secondary N) is 1. The molecule has 0 radical (unpaired) electrons. The Balaban J connectivity index is 0.00000400. The predicted molar refractivity (Wildman–Crippen MR) is 150 cm³/mol. The van der Waals surface area contributed by atoms with Crippen LogP contribution in [0.5, 0.6) is 0 Å². The molecule has 4 rings (SSSR count). The molecule has 1 aromatic carbocycles. The predicted octanol–water partition coefficient (Wildman–Crippen LogP) is 2.92. The Morgan fingerprint density at radius 3 is 2.34 bits per heavy atom. The average molecular weight is 542 g/mol. The summed E-state index contributed by atoms with van der Waals surface area (Å²) >= 11 is 0. The van der Waals surface area contributed by atoms with Crippen LogP contribution in [0.4, 0.5) is 0 Å². The van der Waals surface area contributed by atoms with Crippen LogP contribution in [0.15, 0.2) is 24.3 Å². The van der Waals surface area contributed by atoms with Gasteiger partial charge in [0.15, 0.2) is 0 Å². The molecule has 206 valence electrons. The molecule has 2 aliphatic rings. The number of aryl methyl sites for hydroxylation is 2. The molecule has 0 aliphatic carbocycles. The molecule has 3 heterocycles. The summed E-state index contributed by atoms with van der Waals surface area (Å²) in [5.74, 6) is 5.25. The lowest BCUT2D eigenvalue weighted by Crippen LogP contribution is -2.74. The second-order valence-electron chi connectivity index (χ2n) is 10.7. The van der Waals surface area contributed by atoms with Crippen molar-refractivity contribution in [2.45, 2.75) is 78.6 Å². The Hall–Kier alpha value is -2.86. The lowest BCUT2D eigenvalue weighted by molar-refractivity contribution is -0.164. The van der Waals surface area contributed by atoms with Gasteiger partial charge in [-0.15, -0.1) is 18.3 Å². The van der Waals surface area contributed by atoms with E-state index in [9.17, 15) is 14.7 Å². The maximum atomic E-state index is 13.5. The average Bonchev–Trinajstić information content (AvgIpc) is 3.15. The van der Waals surface area contributed by atoms with Crippen LogP contribution in [-0.2, 0) is 16.1 Å². The van der Waals surface area contributed by atoms with E-state index in [-0.39, 0.29) is 36.7 Å². The highest BCUT2D eigenvalue weighted by molar-refractivity contribution is 6.00. The highest BCUT2D eigenvalue weighted by Gasteiger charge is 2.54. The SMILES string of the molecule is CC#CCN1C(=O)C(C(O)C(C)C)NC(=O)C12CCN(Cc1c(C)nn(-c3ccc(C)cc3)c1C)CC2.Cl. The van der Waals surface area contributed by atoms with E-state index >= 15 is 0 Å². The first-order chi connectivity index (χ1) is 17.6. The van der Waals surface area contributed by atoms with Crippen molar-refractivity contribution in [1.82, 2.24) is 24.9 Å². The molecule has 2 amide bonds. The fourth-order valence-corrected chi connectivity index (χ4v) is 5.49. The van der Waals surface area contributed by atoms with Crippen molar-refractivity contribution in [2.75, 3.05) is 19.6 Å². The monoisotopic (exact) mass is 541 g/mol. The van der Waals surface area contributed by atoms with Gasteiger partial charge in [-0.05, 0) is 58.6 Å². The molecule has 2 aromatic rings. The number of piperidine rings is 1. The number of rotatable bonds is 6. The van der Waals surface area contributed by atoms with Gasteiger partial charge in [0, 0.05) is 30.9 Å². The summed E-state index contributed by atoms with van der Waals surface area (Å²) in [5, 5.41) is 18.3. The number of hydrogen-bond acceptors (Lipinski definition) is 5. The summed E-state index contributed by atoms with van der Waals surface area (Å²) in [5.41, 5.74) is 4.60. The second-order valence-corrected chi connectivity index (χ2v) is 10.7. The summed E-state index contributed by atoms with van der Waals surface area (Å²) in [6, 6.07) is 7.41. The molecule has 9 heteroatoms. The number of nitrogens with zero attached hydrogens (tertiary/aromatic N) is 4. The van der Waals surface area contributed by atoms with Crippen molar-refractivity contribution >= 4 is 24.2 Å². The maximum absolute atomic E-state index is 13.5. The summed E-state index contributed by atoms with van der Waals surface area (Å²) < 4.78 is 1.99.